The molecule has 5 rings (SSSR count). The van der Waals surface area contributed by atoms with Crippen molar-refractivity contribution in [1.82, 2.24) is 19.4 Å². The number of carbonyl (C=O) groups excluding carboxylic acids is 1. The van der Waals surface area contributed by atoms with Crippen molar-refractivity contribution in [1.29, 1.82) is 0 Å². The molecule has 1 unspecified atom stereocenters. The number of aryl methyl sites for hydroxylation is 1. The van der Waals surface area contributed by atoms with Crippen LogP contribution in [0.2, 0.25) is 0 Å². The molecule has 1 fully saturated rings. The molecule has 1 N–H and O–H groups in total. The zero-order valence-electron chi connectivity index (χ0n) is 20.0. The van der Waals surface area contributed by atoms with Crippen LogP contribution in [0, 0.1) is 5.92 Å². The van der Waals surface area contributed by atoms with Crippen LogP contribution in [0.4, 0.5) is 0 Å². The van der Waals surface area contributed by atoms with Crippen LogP contribution in [0.3, 0.4) is 0 Å². The van der Waals surface area contributed by atoms with Crippen LogP contribution in [0.25, 0.3) is 10.2 Å². The van der Waals surface area contributed by atoms with Gasteiger partial charge in [-0.2, -0.15) is 0 Å². The van der Waals surface area contributed by atoms with Gasteiger partial charge in [0.25, 0.3) is 11.5 Å². The van der Waals surface area contributed by atoms with E-state index >= 15 is 0 Å². The first-order valence-electron chi connectivity index (χ1n) is 11.7. The lowest BCUT2D eigenvalue weighted by Crippen LogP contribution is -2.40. The number of benzene rings is 1. The van der Waals surface area contributed by atoms with Gasteiger partial charge in [0.2, 0.25) is 0 Å². The summed E-state index contributed by atoms with van der Waals surface area (Å²) in [5.41, 5.74) is 2.45. The Morgan fingerprint density at radius 1 is 1.29 bits per heavy atom. The number of aromatic nitrogens is 2. The minimum absolute atomic E-state index is 0.174. The lowest BCUT2D eigenvalue weighted by Gasteiger charge is -2.32. The van der Waals surface area contributed by atoms with Gasteiger partial charge in [-0.15, -0.1) is 11.3 Å². The number of rotatable bonds is 5. The average Bonchev–Trinajstić information content (AvgIpc) is 3.47. The Morgan fingerprint density at radius 3 is 2.82 bits per heavy atom. The topological polar surface area (TPSA) is 85.6 Å². The number of nitrogens with one attached hydrogen (secondary N) is 1. The molecule has 3 aromatic rings. The summed E-state index contributed by atoms with van der Waals surface area (Å²) < 4.78 is 8.85. The summed E-state index contributed by atoms with van der Waals surface area (Å²) in [4.78, 5) is 40.7. The molecule has 1 saturated heterocycles. The fourth-order valence-corrected chi connectivity index (χ4v) is 6.83. The van der Waals surface area contributed by atoms with E-state index in [0.29, 0.717) is 39.9 Å². The van der Waals surface area contributed by atoms with Gasteiger partial charge in [0.15, 0.2) is 0 Å². The van der Waals surface area contributed by atoms with Crippen LogP contribution in [0.15, 0.2) is 33.9 Å². The number of methoxy groups -OCH3 is 1. The molecule has 0 radical (unpaired) electrons. The molecule has 1 aliphatic heterocycles. The molecule has 8 nitrogen and oxygen atoms in total. The van der Waals surface area contributed by atoms with E-state index in [0.717, 1.165) is 36.5 Å². The normalized spacial score (nSPS) is 21.4. The van der Waals surface area contributed by atoms with Crippen LogP contribution in [0.1, 0.15) is 39.6 Å². The molecule has 3 atom stereocenters. The number of carbonyl (C=O) groups is 1. The van der Waals surface area contributed by atoms with Gasteiger partial charge < -0.3 is 15.0 Å². The second-order valence-corrected chi connectivity index (χ2v) is 10.5. The summed E-state index contributed by atoms with van der Waals surface area (Å²) in [6.45, 7) is 1.27. The van der Waals surface area contributed by atoms with Crippen LogP contribution in [0.5, 0.6) is 5.75 Å². The van der Waals surface area contributed by atoms with Gasteiger partial charge in [0, 0.05) is 39.6 Å². The highest BCUT2D eigenvalue weighted by Crippen LogP contribution is 2.45. The van der Waals surface area contributed by atoms with Crippen molar-refractivity contribution in [2.24, 2.45) is 13.0 Å². The van der Waals surface area contributed by atoms with E-state index in [2.05, 4.69) is 11.4 Å². The van der Waals surface area contributed by atoms with Crippen molar-refractivity contribution in [3.8, 4) is 5.75 Å². The van der Waals surface area contributed by atoms with Crippen molar-refractivity contribution in [2.45, 2.75) is 37.8 Å². The first-order valence-corrected chi connectivity index (χ1v) is 12.5. The average molecular weight is 483 g/mol. The summed E-state index contributed by atoms with van der Waals surface area (Å²) in [6.07, 6.45) is 2.79. The lowest BCUT2D eigenvalue weighted by atomic mass is 9.73. The Kier molecular flexibility index (Phi) is 5.85. The van der Waals surface area contributed by atoms with Crippen LogP contribution >= 0.6 is 11.3 Å². The molecule has 9 heteroatoms. The largest absolute Gasteiger partial charge is 0.496 e. The number of ether oxygens (including phenoxy) is 1. The minimum Gasteiger partial charge on any atom is -0.496 e. The quantitative estimate of drug-likeness (QED) is 0.603. The van der Waals surface area contributed by atoms with Crippen LogP contribution in [-0.4, -0.2) is 53.7 Å². The molecular weight excluding hydrogens is 452 g/mol. The van der Waals surface area contributed by atoms with Gasteiger partial charge in [-0.05, 0) is 55.0 Å². The van der Waals surface area contributed by atoms with Gasteiger partial charge in [-0.3, -0.25) is 18.7 Å². The standard InChI is InChI=1S/C25H30N4O4S/c1-27(2)23(30)20-12-18-22(34-20)24(31)29(25(32)28(18)3)11-10-17-21-14(13-26-17)8-9-15-16(21)6-5-7-19(15)33-4/h5-7,12,14,17,21,26H,8-11,13H2,1-4H3/t14-,17?,21+/m0/s1. The van der Waals surface area contributed by atoms with Gasteiger partial charge in [-0.25, -0.2) is 4.79 Å². The van der Waals surface area contributed by atoms with E-state index in [9.17, 15) is 14.4 Å². The number of hydrogen-bond donors (Lipinski definition) is 1. The predicted molar refractivity (Wildman–Crippen MR) is 133 cm³/mol. The molecule has 1 aromatic carbocycles. The van der Waals surface area contributed by atoms with Gasteiger partial charge in [0.05, 0.1) is 17.5 Å². The second-order valence-electron chi connectivity index (χ2n) is 9.48. The fraction of sp³-hybridized carbons (Fsp3) is 0.480. The maximum absolute atomic E-state index is 13.3. The summed E-state index contributed by atoms with van der Waals surface area (Å²) >= 11 is 1.15. The third-order valence-electron chi connectivity index (χ3n) is 7.41. The van der Waals surface area contributed by atoms with E-state index < -0.39 is 0 Å². The zero-order chi connectivity index (χ0) is 24.1. The molecule has 3 heterocycles. The molecule has 0 saturated carbocycles. The predicted octanol–water partition coefficient (Wildman–Crippen LogP) is 2.18. The third-order valence-corrected chi connectivity index (χ3v) is 8.51. The maximum atomic E-state index is 13.3. The summed E-state index contributed by atoms with van der Waals surface area (Å²) in [6, 6.07) is 8.09. The van der Waals surface area contributed by atoms with Crippen molar-refractivity contribution >= 4 is 27.5 Å². The zero-order valence-corrected chi connectivity index (χ0v) is 20.8. The molecular formula is C25H30N4O4S. The highest BCUT2D eigenvalue weighted by Gasteiger charge is 2.40. The molecule has 2 aliphatic rings. The van der Waals surface area contributed by atoms with Crippen molar-refractivity contribution < 1.29 is 9.53 Å². The molecule has 0 bridgehead atoms. The number of amides is 1. The SMILES string of the molecule is COc1cccc2c1CC[C@H]1CNC(CCn3c(=O)c4sc(C(=O)N(C)C)cc4n(C)c3=O)[C@@H]21. The van der Waals surface area contributed by atoms with E-state index in [-0.39, 0.29) is 23.2 Å². The van der Waals surface area contributed by atoms with Crippen molar-refractivity contribution in [2.75, 3.05) is 27.7 Å². The Hall–Kier alpha value is -2.91. The van der Waals surface area contributed by atoms with E-state index in [1.165, 1.54) is 25.2 Å². The number of hydrogen-bond acceptors (Lipinski definition) is 6. The molecule has 0 spiro atoms. The van der Waals surface area contributed by atoms with E-state index in [1.807, 2.05) is 12.1 Å². The Morgan fingerprint density at radius 2 is 2.09 bits per heavy atom. The second kappa shape index (κ2) is 8.70. The monoisotopic (exact) mass is 482 g/mol. The minimum atomic E-state index is -0.348. The highest BCUT2D eigenvalue weighted by atomic mass is 32.1. The van der Waals surface area contributed by atoms with E-state index in [4.69, 9.17) is 4.74 Å². The lowest BCUT2D eigenvalue weighted by molar-refractivity contribution is 0.0832. The van der Waals surface area contributed by atoms with Crippen molar-refractivity contribution in [3.05, 3.63) is 61.1 Å². The Balaban J connectivity index is 1.46. The van der Waals surface area contributed by atoms with Crippen LogP contribution < -0.4 is 21.3 Å². The van der Waals surface area contributed by atoms with E-state index in [1.54, 1.807) is 34.3 Å². The third kappa shape index (κ3) is 3.58. The fourth-order valence-electron chi connectivity index (χ4n) is 5.67. The molecule has 1 aliphatic carbocycles. The Labute approximate surface area is 201 Å². The summed E-state index contributed by atoms with van der Waals surface area (Å²) in [5, 5.41) is 3.66. The van der Waals surface area contributed by atoms with Gasteiger partial charge in [-0.1, -0.05) is 12.1 Å². The number of thiophene rings is 1. The van der Waals surface area contributed by atoms with Crippen molar-refractivity contribution in [3.63, 3.8) is 0 Å². The molecule has 1 amide bonds. The number of fused-ring (bicyclic) bond motifs is 4. The maximum Gasteiger partial charge on any atom is 0.331 e. The van der Waals surface area contributed by atoms with Gasteiger partial charge in [0.1, 0.15) is 10.4 Å². The molecule has 2 aromatic heterocycles. The number of nitrogens with zero attached hydrogens (tertiary/aromatic N) is 3. The first kappa shape index (κ1) is 22.9. The van der Waals surface area contributed by atoms with Crippen LogP contribution in [-0.2, 0) is 20.0 Å². The molecule has 180 valence electrons. The summed E-state index contributed by atoms with van der Waals surface area (Å²) in [7, 11) is 6.72. The summed E-state index contributed by atoms with van der Waals surface area (Å²) in [5.74, 6) is 1.65. The Bertz CT molecular complexity index is 1390. The smallest absolute Gasteiger partial charge is 0.331 e. The van der Waals surface area contributed by atoms with Gasteiger partial charge >= 0.3 is 5.69 Å². The first-order chi connectivity index (χ1) is 16.3. The highest BCUT2D eigenvalue weighted by molar-refractivity contribution is 7.20. The molecule has 34 heavy (non-hydrogen) atoms.